The molecule has 1 unspecified atom stereocenters. The molecular weight excluding hydrogens is 204 g/mol. The van der Waals surface area contributed by atoms with Crippen molar-refractivity contribution < 1.29 is 4.21 Å². The molecule has 1 fully saturated rings. The third-order valence-electron chi connectivity index (χ3n) is 2.13. The third-order valence-corrected chi connectivity index (χ3v) is 6.25. The predicted octanol–water partition coefficient (Wildman–Crippen LogP) is 2.33. The summed E-state index contributed by atoms with van der Waals surface area (Å²) >= 11 is 1.42. The second kappa shape index (κ2) is 2.78. The smallest absolute Gasteiger partial charge is 0.123 e. The number of nitrogens with zero attached hydrogens (tertiary/aromatic N) is 1. The average molecular weight is 216 g/mol. The molecule has 0 amide bonds. The fraction of sp³-hybridized carbons (Fsp3) is 0.625. The van der Waals surface area contributed by atoms with E-state index in [2.05, 4.69) is 4.98 Å². The van der Waals surface area contributed by atoms with E-state index < -0.39 is 9.73 Å². The number of rotatable bonds is 2. The number of nitrogens with one attached hydrogen (secondary N) is 1. The highest BCUT2D eigenvalue weighted by atomic mass is 32.2. The molecule has 0 aromatic carbocycles. The van der Waals surface area contributed by atoms with Crippen molar-refractivity contribution >= 4 is 21.1 Å². The molecule has 1 atom stereocenters. The van der Waals surface area contributed by atoms with Crippen molar-refractivity contribution in [1.29, 1.82) is 4.78 Å². The van der Waals surface area contributed by atoms with Crippen LogP contribution in [0.4, 0.5) is 0 Å². The van der Waals surface area contributed by atoms with Gasteiger partial charge in [-0.05, 0) is 26.7 Å². The van der Waals surface area contributed by atoms with Crippen LogP contribution in [0.5, 0.6) is 0 Å². The summed E-state index contributed by atoms with van der Waals surface area (Å²) in [5, 5.41) is 1.01. The zero-order chi connectivity index (χ0) is 9.64. The van der Waals surface area contributed by atoms with Gasteiger partial charge in [0, 0.05) is 5.25 Å². The lowest BCUT2D eigenvalue weighted by Gasteiger charge is -2.01. The Morgan fingerprint density at radius 1 is 1.54 bits per heavy atom. The molecule has 0 spiro atoms. The van der Waals surface area contributed by atoms with E-state index in [9.17, 15) is 4.21 Å². The van der Waals surface area contributed by atoms with Crippen LogP contribution in [-0.4, -0.2) is 14.4 Å². The number of aromatic nitrogens is 1. The van der Waals surface area contributed by atoms with Crippen LogP contribution in [0.1, 0.15) is 23.5 Å². The molecule has 13 heavy (non-hydrogen) atoms. The zero-order valence-electron chi connectivity index (χ0n) is 7.66. The van der Waals surface area contributed by atoms with Gasteiger partial charge < -0.3 is 0 Å². The van der Waals surface area contributed by atoms with Crippen molar-refractivity contribution in [3.63, 3.8) is 0 Å². The quantitative estimate of drug-likeness (QED) is 0.825. The van der Waals surface area contributed by atoms with Crippen LogP contribution in [0.25, 0.3) is 0 Å². The minimum Gasteiger partial charge on any atom is -0.248 e. The molecule has 1 aliphatic carbocycles. The lowest BCUT2D eigenvalue weighted by atomic mass is 10.6. The largest absolute Gasteiger partial charge is 0.248 e. The molecule has 1 aromatic heterocycles. The van der Waals surface area contributed by atoms with Crippen LogP contribution in [0, 0.1) is 18.6 Å². The summed E-state index contributed by atoms with van der Waals surface area (Å²) in [5.74, 6) is 0. The van der Waals surface area contributed by atoms with Gasteiger partial charge >= 0.3 is 0 Å². The first-order chi connectivity index (χ1) is 6.01. The first kappa shape index (κ1) is 9.15. The van der Waals surface area contributed by atoms with E-state index in [4.69, 9.17) is 4.78 Å². The monoisotopic (exact) mass is 216 g/mol. The average Bonchev–Trinajstić information content (AvgIpc) is 2.78. The van der Waals surface area contributed by atoms with E-state index in [1.165, 1.54) is 11.3 Å². The molecule has 1 aliphatic rings. The Bertz CT molecular complexity index is 429. The maximum Gasteiger partial charge on any atom is 0.123 e. The van der Waals surface area contributed by atoms with Crippen molar-refractivity contribution in [1.82, 2.24) is 4.98 Å². The molecule has 1 N–H and O–H groups in total. The molecular formula is C8H12N2OS2. The van der Waals surface area contributed by atoms with Crippen molar-refractivity contribution in [2.24, 2.45) is 0 Å². The van der Waals surface area contributed by atoms with E-state index in [-0.39, 0.29) is 5.25 Å². The summed E-state index contributed by atoms with van der Waals surface area (Å²) < 4.78 is 20.6. The van der Waals surface area contributed by atoms with Gasteiger partial charge in [0.15, 0.2) is 0 Å². The molecule has 3 nitrogen and oxygen atoms in total. The normalized spacial score (nSPS) is 21.4. The van der Waals surface area contributed by atoms with Crippen LogP contribution in [0.15, 0.2) is 4.21 Å². The Labute approximate surface area is 82.2 Å². The van der Waals surface area contributed by atoms with Gasteiger partial charge in [-0.15, -0.1) is 11.3 Å². The second-order valence-corrected chi connectivity index (χ2v) is 7.14. The fourth-order valence-corrected chi connectivity index (χ4v) is 4.84. The molecule has 1 aromatic rings. The summed E-state index contributed by atoms with van der Waals surface area (Å²) in [6.07, 6.45) is 1.89. The van der Waals surface area contributed by atoms with Crippen LogP contribution in [0.2, 0.25) is 0 Å². The van der Waals surface area contributed by atoms with E-state index in [1.807, 2.05) is 13.8 Å². The molecule has 1 saturated carbocycles. The van der Waals surface area contributed by atoms with E-state index in [1.54, 1.807) is 0 Å². The van der Waals surface area contributed by atoms with Crippen LogP contribution in [-0.2, 0) is 9.73 Å². The molecule has 0 aliphatic heterocycles. The predicted molar refractivity (Wildman–Crippen MR) is 53.7 cm³/mol. The van der Waals surface area contributed by atoms with E-state index in [0.29, 0.717) is 4.21 Å². The Morgan fingerprint density at radius 3 is 2.54 bits per heavy atom. The number of hydrogen-bond acceptors (Lipinski definition) is 4. The summed E-state index contributed by atoms with van der Waals surface area (Å²) in [4.78, 5) is 4.21. The fourth-order valence-electron chi connectivity index (χ4n) is 1.35. The van der Waals surface area contributed by atoms with E-state index in [0.717, 1.165) is 23.5 Å². The first-order valence-electron chi connectivity index (χ1n) is 4.23. The highest BCUT2D eigenvalue weighted by Crippen LogP contribution is 2.37. The summed E-state index contributed by atoms with van der Waals surface area (Å²) in [5.41, 5.74) is 0.786. The Morgan fingerprint density at radius 2 is 2.15 bits per heavy atom. The van der Waals surface area contributed by atoms with Gasteiger partial charge in [-0.3, -0.25) is 0 Å². The Hall–Kier alpha value is -0.420. The van der Waals surface area contributed by atoms with Crippen LogP contribution in [0.3, 0.4) is 0 Å². The maximum absolute atomic E-state index is 12.0. The standard InChI is InChI=1S/C8H12N2OS2/c1-5-8(12-6(2)10-5)13(9,11)7-3-4-7/h7,9H,3-4H2,1-2H3. The topological polar surface area (TPSA) is 53.8 Å². The summed E-state index contributed by atoms with van der Waals surface area (Å²) in [6.45, 7) is 3.74. The van der Waals surface area contributed by atoms with Gasteiger partial charge in [0.2, 0.25) is 0 Å². The minimum absolute atomic E-state index is 0.103. The van der Waals surface area contributed by atoms with Gasteiger partial charge in [-0.2, -0.15) is 0 Å². The number of aryl methyl sites for hydroxylation is 2. The molecule has 72 valence electrons. The minimum atomic E-state index is -2.52. The lowest BCUT2D eigenvalue weighted by molar-refractivity contribution is 0.674. The Balaban J connectivity index is 2.50. The van der Waals surface area contributed by atoms with Gasteiger partial charge in [-0.25, -0.2) is 14.0 Å². The molecule has 0 radical (unpaired) electrons. The second-order valence-electron chi connectivity index (χ2n) is 3.41. The molecule has 1 heterocycles. The molecule has 0 bridgehead atoms. The van der Waals surface area contributed by atoms with Gasteiger partial charge in [0.25, 0.3) is 0 Å². The van der Waals surface area contributed by atoms with Crippen LogP contribution < -0.4 is 0 Å². The third kappa shape index (κ3) is 1.50. The zero-order valence-corrected chi connectivity index (χ0v) is 9.30. The molecule has 0 saturated heterocycles. The molecule has 5 heteroatoms. The van der Waals surface area contributed by atoms with Gasteiger partial charge in [0.1, 0.15) is 4.21 Å². The van der Waals surface area contributed by atoms with Crippen molar-refractivity contribution in [2.75, 3.05) is 0 Å². The van der Waals surface area contributed by atoms with Crippen molar-refractivity contribution in [3.05, 3.63) is 10.7 Å². The molecule has 2 rings (SSSR count). The lowest BCUT2D eigenvalue weighted by Crippen LogP contribution is -2.04. The highest BCUT2D eigenvalue weighted by molar-refractivity contribution is 7.95. The Kier molecular flexibility index (Phi) is 1.96. The SMILES string of the molecule is Cc1nc(C)c(S(=N)(=O)C2CC2)s1. The first-order valence-corrected chi connectivity index (χ1v) is 6.67. The van der Waals surface area contributed by atoms with Gasteiger partial charge in [-0.1, -0.05) is 0 Å². The maximum atomic E-state index is 12.0. The van der Waals surface area contributed by atoms with E-state index >= 15 is 0 Å². The number of hydrogen-bond donors (Lipinski definition) is 1. The van der Waals surface area contributed by atoms with Crippen molar-refractivity contribution in [3.8, 4) is 0 Å². The van der Waals surface area contributed by atoms with Gasteiger partial charge in [0.05, 0.1) is 20.4 Å². The number of thiazole rings is 1. The van der Waals surface area contributed by atoms with Crippen molar-refractivity contribution in [2.45, 2.75) is 36.1 Å². The summed E-state index contributed by atoms with van der Waals surface area (Å²) in [7, 11) is -2.52. The van der Waals surface area contributed by atoms with Crippen LogP contribution >= 0.6 is 11.3 Å². The highest BCUT2D eigenvalue weighted by Gasteiger charge is 2.35. The summed E-state index contributed by atoms with van der Waals surface area (Å²) in [6, 6.07) is 0.